The summed E-state index contributed by atoms with van der Waals surface area (Å²) in [5.74, 6) is -0.884. The van der Waals surface area contributed by atoms with Crippen LogP contribution in [0.1, 0.15) is 0 Å². The highest BCUT2D eigenvalue weighted by Crippen LogP contribution is 2.42. The lowest BCUT2D eigenvalue weighted by molar-refractivity contribution is -0.150. The number of carboxylic acids is 1. The molecule has 1 aromatic rings. The number of hydrogen-bond donors (Lipinski definition) is 2. The lowest BCUT2D eigenvalue weighted by Gasteiger charge is -2.49. The maximum atomic E-state index is 12.3. The van der Waals surface area contributed by atoms with Crippen LogP contribution >= 0.6 is 23.5 Å². The lowest BCUT2D eigenvalue weighted by Crippen LogP contribution is -2.70. The number of carbonyl (C=O) groups is 3. The van der Waals surface area contributed by atoms with Crippen LogP contribution in [0, 0.1) is 0 Å². The Kier molecular flexibility index (Phi) is 5.24. The number of nitrogens with one attached hydrogen (secondary N) is 1. The zero-order chi connectivity index (χ0) is 18.0. The number of benzene rings is 1. The van der Waals surface area contributed by atoms with Crippen LogP contribution in [0.25, 0.3) is 0 Å². The Morgan fingerprint density at radius 3 is 2.76 bits per heavy atom. The Hall–Kier alpha value is -2.13. The van der Waals surface area contributed by atoms with E-state index in [-0.39, 0.29) is 12.3 Å². The number of fused-ring (bicyclic) bond motifs is 1. The Bertz CT molecular complexity index is 737. The van der Waals surface area contributed by atoms with Crippen LogP contribution in [0.15, 0.2) is 40.9 Å². The summed E-state index contributed by atoms with van der Waals surface area (Å²) in [5.41, 5.74) is 0.0206. The van der Waals surface area contributed by atoms with Crippen LogP contribution in [-0.4, -0.2) is 57.8 Å². The number of ether oxygens (including phenoxy) is 1. The van der Waals surface area contributed by atoms with Crippen LogP contribution in [-0.2, 0) is 14.4 Å². The highest BCUT2D eigenvalue weighted by Gasteiger charge is 2.54. The summed E-state index contributed by atoms with van der Waals surface area (Å²) in [6, 6.07) is 8.16. The number of β-lactam (4-membered cyclic amide) rings is 1. The standard InChI is InChI=1S/C16H16N2O5S2/c1-24-10-8-25-15-12(14(20)18(15)13(10)16(21)22)17-11(19)7-23-9-5-3-2-4-6-9/h2-6,12,15H,7-8H2,1H3,(H,17,19)(H,21,22)/t12-,15-/m1/s1. The van der Waals surface area contributed by atoms with E-state index in [4.69, 9.17) is 4.74 Å². The average Bonchev–Trinajstić information content (AvgIpc) is 2.63. The number of hydrogen-bond acceptors (Lipinski definition) is 6. The van der Waals surface area contributed by atoms with E-state index in [9.17, 15) is 19.5 Å². The summed E-state index contributed by atoms with van der Waals surface area (Å²) in [4.78, 5) is 37.7. The van der Waals surface area contributed by atoms with Gasteiger partial charge < -0.3 is 15.2 Å². The van der Waals surface area contributed by atoms with Gasteiger partial charge in [0.05, 0.1) is 0 Å². The van der Waals surface area contributed by atoms with Gasteiger partial charge in [-0.15, -0.1) is 23.5 Å². The Morgan fingerprint density at radius 2 is 2.12 bits per heavy atom. The first-order valence-electron chi connectivity index (χ1n) is 7.45. The molecule has 1 aromatic carbocycles. The fraction of sp³-hybridized carbons (Fsp3) is 0.312. The quantitative estimate of drug-likeness (QED) is 0.714. The third-order valence-electron chi connectivity index (χ3n) is 3.81. The van der Waals surface area contributed by atoms with Crippen molar-refractivity contribution in [2.24, 2.45) is 0 Å². The summed E-state index contributed by atoms with van der Waals surface area (Å²) in [7, 11) is 0. The van der Waals surface area contributed by atoms with Gasteiger partial charge in [0.15, 0.2) is 6.61 Å². The Balaban J connectivity index is 1.61. The number of thioether (sulfide) groups is 2. The van der Waals surface area contributed by atoms with Crippen molar-refractivity contribution < 1.29 is 24.2 Å². The Labute approximate surface area is 152 Å². The molecule has 2 heterocycles. The molecule has 9 heteroatoms. The van der Waals surface area contributed by atoms with Crippen molar-refractivity contribution >= 4 is 41.3 Å². The van der Waals surface area contributed by atoms with Gasteiger partial charge in [-0.3, -0.25) is 14.5 Å². The van der Waals surface area contributed by atoms with E-state index < -0.39 is 29.2 Å². The first-order valence-corrected chi connectivity index (χ1v) is 9.72. The van der Waals surface area contributed by atoms with E-state index in [1.807, 2.05) is 6.07 Å². The molecule has 0 unspecified atom stereocenters. The molecule has 0 spiro atoms. The molecule has 2 N–H and O–H groups in total. The van der Waals surface area contributed by atoms with Gasteiger partial charge in [0.25, 0.3) is 11.8 Å². The van der Waals surface area contributed by atoms with Crippen molar-refractivity contribution in [1.82, 2.24) is 10.2 Å². The predicted molar refractivity (Wildman–Crippen MR) is 95.1 cm³/mol. The molecular weight excluding hydrogens is 364 g/mol. The van der Waals surface area contributed by atoms with Gasteiger partial charge >= 0.3 is 5.97 Å². The second-order valence-electron chi connectivity index (χ2n) is 5.34. The maximum absolute atomic E-state index is 12.3. The Morgan fingerprint density at radius 1 is 1.40 bits per heavy atom. The minimum Gasteiger partial charge on any atom is -0.484 e. The lowest BCUT2D eigenvalue weighted by atomic mass is 10.1. The molecule has 2 amide bonds. The molecule has 1 fully saturated rings. The second-order valence-corrected chi connectivity index (χ2v) is 7.34. The molecule has 3 rings (SSSR count). The average molecular weight is 380 g/mol. The maximum Gasteiger partial charge on any atom is 0.353 e. The van der Waals surface area contributed by atoms with Gasteiger partial charge in [0.2, 0.25) is 0 Å². The van der Waals surface area contributed by atoms with Gasteiger partial charge in [-0.2, -0.15) is 0 Å². The van der Waals surface area contributed by atoms with E-state index >= 15 is 0 Å². The minimum absolute atomic E-state index is 0.0206. The molecule has 0 bridgehead atoms. The van der Waals surface area contributed by atoms with Crippen LogP contribution < -0.4 is 10.1 Å². The number of carboxylic acid groups (broad SMARTS) is 1. The summed E-state index contributed by atoms with van der Waals surface area (Å²) < 4.78 is 5.35. The van der Waals surface area contributed by atoms with Crippen molar-refractivity contribution in [3.05, 3.63) is 40.9 Å². The van der Waals surface area contributed by atoms with E-state index in [2.05, 4.69) is 5.32 Å². The molecule has 0 aliphatic carbocycles. The highest BCUT2D eigenvalue weighted by molar-refractivity contribution is 8.05. The number of rotatable bonds is 6. The highest BCUT2D eigenvalue weighted by atomic mass is 32.2. The number of para-hydroxylation sites is 1. The molecule has 0 aromatic heterocycles. The smallest absolute Gasteiger partial charge is 0.353 e. The van der Waals surface area contributed by atoms with Crippen LogP contribution in [0.2, 0.25) is 0 Å². The van der Waals surface area contributed by atoms with Crippen molar-refractivity contribution in [2.45, 2.75) is 11.4 Å². The monoisotopic (exact) mass is 380 g/mol. The molecule has 25 heavy (non-hydrogen) atoms. The summed E-state index contributed by atoms with van der Waals surface area (Å²) >= 11 is 2.76. The molecule has 0 radical (unpaired) electrons. The van der Waals surface area contributed by atoms with E-state index in [0.29, 0.717) is 16.4 Å². The van der Waals surface area contributed by atoms with E-state index in [1.165, 1.54) is 28.4 Å². The summed E-state index contributed by atoms with van der Waals surface area (Å²) in [6.07, 6.45) is 1.78. The van der Waals surface area contributed by atoms with Crippen LogP contribution in [0.4, 0.5) is 0 Å². The number of carbonyl (C=O) groups excluding carboxylic acids is 2. The second kappa shape index (κ2) is 7.40. The van der Waals surface area contributed by atoms with Crippen LogP contribution in [0.3, 0.4) is 0 Å². The third-order valence-corrected chi connectivity index (χ3v) is 6.10. The molecule has 7 nitrogen and oxygen atoms in total. The van der Waals surface area contributed by atoms with Gasteiger partial charge in [0.1, 0.15) is 22.9 Å². The summed E-state index contributed by atoms with van der Waals surface area (Å²) in [5, 5.41) is 11.6. The molecule has 0 saturated carbocycles. The summed E-state index contributed by atoms with van der Waals surface area (Å²) in [6.45, 7) is -0.205. The zero-order valence-electron chi connectivity index (χ0n) is 13.3. The van der Waals surface area contributed by atoms with Gasteiger partial charge in [-0.05, 0) is 18.4 Å². The van der Waals surface area contributed by atoms with Crippen molar-refractivity contribution in [2.75, 3.05) is 18.6 Å². The zero-order valence-corrected chi connectivity index (χ0v) is 14.9. The van der Waals surface area contributed by atoms with E-state index in [0.717, 1.165) is 0 Å². The first kappa shape index (κ1) is 17.7. The fourth-order valence-corrected chi connectivity index (χ4v) is 4.88. The molecule has 2 aliphatic heterocycles. The molecule has 2 atom stereocenters. The predicted octanol–water partition coefficient (Wildman–Crippen LogP) is 1.12. The van der Waals surface area contributed by atoms with Gasteiger partial charge in [-0.1, -0.05) is 18.2 Å². The third kappa shape index (κ3) is 3.47. The molecular formula is C16H16N2O5S2. The van der Waals surface area contributed by atoms with Gasteiger partial charge in [0, 0.05) is 10.7 Å². The minimum atomic E-state index is -1.12. The fourth-order valence-electron chi connectivity index (χ4n) is 2.63. The van der Waals surface area contributed by atoms with Crippen molar-refractivity contribution in [3.8, 4) is 5.75 Å². The van der Waals surface area contributed by atoms with Gasteiger partial charge in [-0.25, -0.2) is 4.79 Å². The normalized spacial score (nSPS) is 22.1. The number of aliphatic carboxylic acids is 1. The number of nitrogens with zero attached hydrogens (tertiary/aromatic N) is 1. The molecule has 1 saturated heterocycles. The topological polar surface area (TPSA) is 95.9 Å². The largest absolute Gasteiger partial charge is 0.484 e. The van der Waals surface area contributed by atoms with Crippen molar-refractivity contribution in [1.29, 1.82) is 0 Å². The number of amides is 2. The SMILES string of the molecule is CSC1=C(C(=O)O)N2C(=O)[C@@H](NC(=O)COc3ccccc3)[C@H]2SC1. The van der Waals surface area contributed by atoms with Crippen molar-refractivity contribution in [3.63, 3.8) is 0 Å². The molecule has 2 aliphatic rings. The van der Waals surface area contributed by atoms with Crippen LogP contribution in [0.5, 0.6) is 5.75 Å². The molecule has 132 valence electrons. The van der Waals surface area contributed by atoms with E-state index in [1.54, 1.807) is 30.5 Å². The first-order chi connectivity index (χ1) is 12.0.